The predicted molar refractivity (Wildman–Crippen MR) is 161 cm³/mol. The maximum Gasteiger partial charge on any atom is 0.410 e. The van der Waals surface area contributed by atoms with Gasteiger partial charge in [0.05, 0.1) is 12.7 Å². The quantitative estimate of drug-likeness (QED) is 0.228. The highest BCUT2D eigenvalue weighted by molar-refractivity contribution is 7.98. The van der Waals surface area contributed by atoms with Crippen LogP contribution >= 0.6 is 23.1 Å². The average Bonchev–Trinajstić information content (AvgIpc) is 3.42. The number of carbonyl (C=O) groups is 2. The summed E-state index contributed by atoms with van der Waals surface area (Å²) in [5, 5.41) is 2.67. The molecule has 9 nitrogen and oxygen atoms in total. The number of thiophene rings is 1. The van der Waals surface area contributed by atoms with Crippen molar-refractivity contribution in [2.24, 2.45) is 0 Å². The standard InChI is InChI=1S/C29H37N5O4S2/c1-29(2,3)38-28(36)33(5)13-12-23(24-11-8-16-40-24)37-19-20-9-7-10-21(17-20)34-15-14-32(4)25-22(26(34)35)18-30-27(31-25)39-6/h7-11,16-18,23H,12-15,19H2,1-6H3/t23-/m1/s1. The van der Waals surface area contributed by atoms with Gasteiger partial charge in [-0.2, -0.15) is 0 Å². The summed E-state index contributed by atoms with van der Waals surface area (Å²) in [7, 11) is 3.69. The fourth-order valence-electron chi connectivity index (χ4n) is 4.28. The third kappa shape index (κ3) is 7.52. The Morgan fingerprint density at radius 2 is 2.02 bits per heavy atom. The maximum atomic E-state index is 13.5. The van der Waals surface area contributed by atoms with Crippen LogP contribution in [0.2, 0.25) is 0 Å². The summed E-state index contributed by atoms with van der Waals surface area (Å²) in [6, 6.07) is 11.9. The number of carbonyl (C=O) groups excluding carboxylic acids is 2. The van der Waals surface area contributed by atoms with E-state index in [0.29, 0.717) is 49.2 Å². The van der Waals surface area contributed by atoms with Crippen LogP contribution in [-0.4, -0.2) is 72.5 Å². The minimum absolute atomic E-state index is 0.119. The number of likely N-dealkylation sites (N-methyl/N-ethyl adjacent to an activating group) is 1. The van der Waals surface area contributed by atoms with E-state index >= 15 is 0 Å². The van der Waals surface area contributed by atoms with Gasteiger partial charge in [-0.05, 0) is 62.6 Å². The lowest BCUT2D eigenvalue weighted by molar-refractivity contribution is 0.0148. The van der Waals surface area contributed by atoms with Crippen LogP contribution < -0.4 is 9.80 Å². The molecule has 0 aliphatic carbocycles. The van der Waals surface area contributed by atoms with E-state index in [1.54, 1.807) is 34.4 Å². The SMILES string of the molecule is CSc1ncc2c(n1)N(C)CCN(c1cccc(CO[C@H](CCN(C)C(=O)OC(C)(C)C)c3cccs3)c1)C2=O. The first kappa shape index (κ1) is 29.8. The normalized spacial score (nSPS) is 14.5. The zero-order chi connectivity index (χ0) is 28.9. The second-order valence-corrected chi connectivity index (χ2v) is 12.4. The first-order chi connectivity index (χ1) is 19.1. The molecule has 0 N–H and O–H groups in total. The molecule has 0 saturated heterocycles. The van der Waals surface area contributed by atoms with Gasteiger partial charge in [-0.1, -0.05) is 30.0 Å². The summed E-state index contributed by atoms with van der Waals surface area (Å²) >= 11 is 3.08. The number of fused-ring (bicyclic) bond motifs is 1. The van der Waals surface area contributed by atoms with Crippen LogP contribution in [0.3, 0.4) is 0 Å². The number of amides is 2. The zero-order valence-electron chi connectivity index (χ0n) is 23.9. The van der Waals surface area contributed by atoms with Crippen LogP contribution in [0.5, 0.6) is 0 Å². The number of aromatic nitrogens is 2. The van der Waals surface area contributed by atoms with Crippen molar-refractivity contribution in [3.05, 3.63) is 64.0 Å². The number of anilines is 2. The first-order valence-corrected chi connectivity index (χ1v) is 15.3. The Morgan fingerprint density at radius 1 is 1.23 bits per heavy atom. The molecule has 2 amide bonds. The summed E-state index contributed by atoms with van der Waals surface area (Å²) in [6.45, 7) is 7.61. The second kappa shape index (κ2) is 13.0. The second-order valence-electron chi connectivity index (χ2n) is 10.6. The molecular formula is C29H37N5O4S2. The lowest BCUT2D eigenvalue weighted by atomic mass is 10.1. The number of thioether (sulfide) groups is 1. The first-order valence-electron chi connectivity index (χ1n) is 13.2. The molecule has 0 fully saturated rings. The maximum absolute atomic E-state index is 13.5. The van der Waals surface area contributed by atoms with Gasteiger partial charge in [0.2, 0.25) is 0 Å². The number of benzene rings is 1. The molecule has 11 heteroatoms. The number of hydrogen-bond donors (Lipinski definition) is 0. The van der Waals surface area contributed by atoms with Crippen molar-refractivity contribution in [2.45, 2.75) is 50.7 Å². The fourth-order valence-corrected chi connectivity index (χ4v) is 5.43. The Morgan fingerprint density at radius 3 is 2.73 bits per heavy atom. The van der Waals surface area contributed by atoms with Crippen molar-refractivity contribution >= 4 is 46.6 Å². The highest BCUT2D eigenvalue weighted by Gasteiger charge is 2.28. The Kier molecular flexibility index (Phi) is 9.70. The molecule has 214 valence electrons. The highest BCUT2D eigenvalue weighted by atomic mass is 32.2. The molecule has 0 bridgehead atoms. The van der Waals surface area contributed by atoms with Crippen molar-refractivity contribution in [2.75, 3.05) is 49.8 Å². The molecule has 1 aliphatic rings. The van der Waals surface area contributed by atoms with E-state index in [1.807, 2.05) is 80.8 Å². The van der Waals surface area contributed by atoms with E-state index in [0.717, 1.165) is 16.1 Å². The van der Waals surface area contributed by atoms with Crippen LogP contribution in [0, 0.1) is 0 Å². The van der Waals surface area contributed by atoms with Crippen molar-refractivity contribution in [3.63, 3.8) is 0 Å². The number of ether oxygens (including phenoxy) is 2. The summed E-state index contributed by atoms with van der Waals surface area (Å²) in [5.74, 6) is 0.535. The van der Waals surface area contributed by atoms with Crippen LogP contribution in [0.4, 0.5) is 16.3 Å². The number of rotatable bonds is 9. The molecule has 3 aromatic rings. The molecule has 1 atom stereocenters. The van der Waals surface area contributed by atoms with Crippen LogP contribution in [0.15, 0.2) is 53.1 Å². The van der Waals surface area contributed by atoms with Gasteiger partial charge >= 0.3 is 6.09 Å². The third-order valence-corrected chi connectivity index (χ3v) is 7.92. The summed E-state index contributed by atoms with van der Waals surface area (Å²) in [6.07, 6.45) is 3.63. The van der Waals surface area contributed by atoms with E-state index in [2.05, 4.69) is 9.97 Å². The predicted octanol–water partition coefficient (Wildman–Crippen LogP) is 5.87. The molecule has 40 heavy (non-hydrogen) atoms. The van der Waals surface area contributed by atoms with Gasteiger partial charge < -0.3 is 24.2 Å². The molecule has 0 spiro atoms. The van der Waals surface area contributed by atoms with Crippen LogP contribution in [0.1, 0.15) is 54.1 Å². The van der Waals surface area contributed by atoms with Gasteiger partial charge in [-0.15, -0.1) is 11.3 Å². The lowest BCUT2D eigenvalue weighted by Crippen LogP contribution is -2.35. The van der Waals surface area contributed by atoms with E-state index in [4.69, 9.17) is 9.47 Å². The Hall–Kier alpha value is -3.15. The van der Waals surface area contributed by atoms with E-state index in [1.165, 1.54) is 11.8 Å². The molecule has 0 saturated carbocycles. The summed E-state index contributed by atoms with van der Waals surface area (Å²) in [4.78, 5) is 41.4. The lowest BCUT2D eigenvalue weighted by Gasteiger charge is -2.26. The Labute approximate surface area is 244 Å². The minimum atomic E-state index is -0.545. The minimum Gasteiger partial charge on any atom is -0.444 e. The topological polar surface area (TPSA) is 88.1 Å². The zero-order valence-corrected chi connectivity index (χ0v) is 25.6. The van der Waals surface area contributed by atoms with Crippen LogP contribution in [-0.2, 0) is 16.1 Å². The molecule has 0 radical (unpaired) electrons. The molecular weight excluding hydrogens is 546 g/mol. The Balaban J connectivity index is 1.45. The van der Waals surface area contributed by atoms with E-state index in [9.17, 15) is 9.59 Å². The molecule has 0 unspecified atom stereocenters. The van der Waals surface area contributed by atoms with Gasteiger partial charge in [0.25, 0.3) is 5.91 Å². The summed E-state index contributed by atoms with van der Waals surface area (Å²) in [5.41, 5.74) is 1.71. The molecule has 1 aromatic carbocycles. The van der Waals surface area contributed by atoms with E-state index in [-0.39, 0.29) is 18.1 Å². The third-order valence-electron chi connectivity index (χ3n) is 6.39. The summed E-state index contributed by atoms with van der Waals surface area (Å²) < 4.78 is 11.9. The molecule has 2 aromatic heterocycles. The van der Waals surface area contributed by atoms with E-state index < -0.39 is 5.60 Å². The van der Waals surface area contributed by atoms with Crippen molar-refractivity contribution < 1.29 is 19.1 Å². The van der Waals surface area contributed by atoms with Crippen molar-refractivity contribution in [1.29, 1.82) is 0 Å². The van der Waals surface area contributed by atoms with Crippen LogP contribution in [0.25, 0.3) is 0 Å². The number of hydrogen-bond acceptors (Lipinski definition) is 9. The monoisotopic (exact) mass is 583 g/mol. The number of nitrogens with zero attached hydrogens (tertiary/aromatic N) is 5. The van der Waals surface area contributed by atoms with Gasteiger partial charge in [-0.3, -0.25) is 4.79 Å². The van der Waals surface area contributed by atoms with Crippen molar-refractivity contribution in [1.82, 2.24) is 14.9 Å². The molecule has 4 rings (SSSR count). The molecule has 1 aliphatic heterocycles. The van der Waals surface area contributed by atoms with Gasteiger partial charge in [0.1, 0.15) is 17.0 Å². The van der Waals surface area contributed by atoms with Gasteiger partial charge in [-0.25, -0.2) is 14.8 Å². The largest absolute Gasteiger partial charge is 0.444 e. The smallest absolute Gasteiger partial charge is 0.410 e. The highest BCUT2D eigenvalue weighted by Crippen LogP contribution is 2.30. The average molecular weight is 584 g/mol. The molecule has 3 heterocycles. The van der Waals surface area contributed by atoms with Gasteiger partial charge in [0.15, 0.2) is 5.16 Å². The Bertz CT molecular complexity index is 1310. The fraction of sp³-hybridized carbons (Fsp3) is 0.448. The van der Waals surface area contributed by atoms with Crippen molar-refractivity contribution in [3.8, 4) is 0 Å². The van der Waals surface area contributed by atoms with Gasteiger partial charge in [0, 0.05) is 50.5 Å².